The van der Waals surface area contributed by atoms with Crippen LogP contribution in [0.3, 0.4) is 0 Å². The minimum atomic E-state index is -0.749. The van der Waals surface area contributed by atoms with E-state index in [2.05, 4.69) is 0 Å². The van der Waals surface area contributed by atoms with Crippen LogP contribution in [0.4, 0.5) is 11.4 Å². The molecule has 4 atom stereocenters. The van der Waals surface area contributed by atoms with Crippen molar-refractivity contribution in [1.29, 1.82) is 0 Å². The van der Waals surface area contributed by atoms with Crippen molar-refractivity contribution < 1.29 is 19.2 Å². The Morgan fingerprint density at radius 3 is 1.00 bits per heavy atom. The Morgan fingerprint density at radius 1 is 0.471 bits per heavy atom. The lowest BCUT2D eigenvalue weighted by Crippen LogP contribution is -2.50. The summed E-state index contributed by atoms with van der Waals surface area (Å²) in [5.41, 5.74) is 0.554. The molecule has 2 bridgehead atoms. The van der Waals surface area contributed by atoms with Gasteiger partial charge in [0.1, 0.15) is 0 Å². The third-order valence-electron chi connectivity index (χ3n) is 7.22. The number of carbonyl (C=O) groups is 4. The van der Waals surface area contributed by atoms with Gasteiger partial charge in [0.2, 0.25) is 23.6 Å². The summed E-state index contributed by atoms with van der Waals surface area (Å²) in [6, 6.07) is 9.01. The Balaban J connectivity index is 1.41. The summed E-state index contributed by atoms with van der Waals surface area (Å²) in [7, 11) is 0. The number of hydrogen-bond donors (Lipinski definition) is 0. The van der Waals surface area contributed by atoms with E-state index in [-0.39, 0.29) is 31.5 Å². The zero-order valence-electron chi connectivity index (χ0n) is 17.1. The van der Waals surface area contributed by atoms with Gasteiger partial charge in [0, 0.05) is 31.9 Å². The lowest BCUT2D eigenvalue weighted by atomic mass is 9.54. The van der Waals surface area contributed by atoms with E-state index in [1.807, 2.05) is 0 Å². The monoisotopic (exact) mass is 534 g/mol. The molecule has 4 amide bonds. The quantitative estimate of drug-likeness (QED) is 0.399. The lowest BCUT2D eigenvalue weighted by Gasteiger charge is -2.44. The standard InChI is InChI=1S/C24H14Cl4N2O4/c25-9-3-10(26)6-13(5-9)29-21(31)17-15-1-2-16(19(17)23(29)33)20-18(15)22(32)30(24(20)34)14-7-11(27)4-12(28)8-14/h1-8,15-20H. The zero-order valence-corrected chi connectivity index (χ0v) is 20.1. The summed E-state index contributed by atoms with van der Waals surface area (Å²) in [5, 5.41) is 1.16. The van der Waals surface area contributed by atoms with Gasteiger partial charge in [-0.25, -0.2) is 9.80 Å². The Labute approximate surface area is 214 Å². The first-order valence-corrected chi connectivity index (χ1v) is 12.0. The highest BCUT2D eigenvalue weighted by atomic mass is 35.5. The third-order valence-corrected chi connectivity index (χ3v) is 8.09. The summed E-state index contributed by atoms with van der Waals surface area (Å²) >= 11 is 24.4. The average Bonchev–Trinajstić information content (AvgIpc) is 3.19. The molecule has 0 aromatic heterocycles. The topological polar surface area (TPSA) is 74.8 Å². The molecule has 3 aliphatic carbocycles. The normalized spacial score (nSPS) is 31.5. The van der Waals surface area contributed by atoms with Gasteiger partial charge >= 0.3 is 0 Å². The fourth-order valence-electron chi connectivity index (χ4n) is 6.07. The minimum Gasteiger partial charge on any atom is -0.274 e. The number of rotatable bonds is 2. The fourth-order valence-corrected chi connectivity index (χ4v) is 7.10. The molecule has 172 valence electrons. The number of carbonyl (C=O) groups excluding carboxylic acids is 4. The number of halogens is 4. The van der Waals surface area contributed by atoms with Crippen molar-refractivity contribution in [3.05, 3.63) is 68.6 Å². The van der Waals surface area contributed by atoms with E-state index in [0.29, 0.717) is 0 Å². The van der Waals surface area contributed by atoms with Gasteiger partial charge in [0.15, 0.2) is 0 Å². The largest absolute Gasteiger partial charge is 0.274 e. The van der Waals surface area contributed by atoms with Crippen LogP contribution in [0.1, 0.15) is 0 Å². The summed E-state index contributed by atoms with van der Waals surface area (Å²) in [6.45, 7) is 0. The second-order valence-electron chi connectivity index (χ2n) is 8.92. The van der Waals surface area contributed by atoms with Crippen LogP contribution in [0, 0.1) is 35.5 Å². The number of imide groups is 2. The Kier molecular flexibility index (Phi) is 4.91. The van der Waals surface area contributed by atoms with Gasteiger partial charge in [-0.1, -0.05) is 58.6 Å². The van der Waals surface area contributed by atoms with Gasteiger partial charge in [-0.2, -0.15) is 0 Å². The molecule has 3 fully saturated rings. The molecule has 2 saturated heterocycles. The van der Waals surface area contributed by atoms with E-state index in [1.165, 1.54) is 36.4 Å². The number of anilines is 2. The Hall–Kier alpha value is -2.38. The number of hydrogen-bond acceptors (Lipinski definition) is 4. The minimum absolute atomic E-state index is 0.277. The maximum absolute atomic E-state index is 13.5. The molecule has 6 nitrogen and oxygen atoms in total. The van der Waals surface area contributed by atoms with E-state index in [0.717, 1.165) is 9.80 Å². The van der Waals surface area contributed by atoms with Gasteiger partial charge < -0.3 is 0 Å². The SMILES string of the molecule is O=C1C2C3C=CC(C2C(=O)N1c1cc(Cl)cc(Cl)c1)C1C(=O)N(c2cc(Cl)cc(Cl)c2)C(=O)C31. The molecular formula is C24H14Cl4N2O4. The van der Waals surface area contributed by atoms with Crippen molar-refractivity contribution in [2.75, 3.05) is 9.80 Å². The molecule has 2 aliphatic heterocycles. The zero-order chi connectivity index (χ0) is 24.0. The van der Waals surface area contributed by atoms with E-state index in [9.17, 15) is 19.2 Å². The molecule has 0 N–H and O–H groups in total. The van der Waals surface area contributed by atoms with Crippen molar-refractivity contribution in [2.24, 2.45) is 35.5 Å². The summed E-state index contributed by atoms with van der Waals surface area (Å²) in [5.74, 6) is -5.86. The number of amides is 4. The molecule has 4 unspecified atom stereocenters. The van der Waals surface area contributed by atoms with Crippen LogP contribution in [-0.2, 0) is 19.2 Å². The molecule has 34 heavy (non-hydrogen) atoms. The predicted octanol–water partition coefficient (Wildman–Crippen LogP) is 5.03. The van der Waals surface area contributed by atoms with Crippen molar-refractivity contribution in [3.8, 4) is 0 Å². The Bertz CT molecular complexity index is 1170. The van der Waals surface area contributed by atoms with E-state index in [4.69, 9.17) is 46.4 Å². The van der Waals surface area contributed by atoms with Crippen molar-refractivity contribution in [3.63, 3.8) is 0 Å². The van der Waals surface area contributed by atoms with Crippen LogP contribution >= 0.6 is 46.4 Å². The molecule has 0 radical (unpaired) electrons. The molecule has 1 saturated carbocycles. The molecule has 5 aliphatic rings. The number of nitrogens with zero attached hydrogens (tertiary/aromatic N) is 2. The molecule has 7 rings (SSSR count). The molecular weight excluding hydrogens is 522 g/mol. The Morgan fingerprint density at radius 2 is 0.735 bits per heavy atom. The highest BCUT2D eigenvalue weighted by Gasteiger charge is 2.68. The smallest absolute Gasteiger partial charge is 0.238 e. The van der Waals surface area contributed by atoms with Gasteiger partial charge in [-0.15, -0.1) is 0 Å². The number of allylic oxidation sites excluding steroid dienone is 2. The van der Waals surface area contributed by atoms with Crippen molar-refractivity contribution in [2.45, 2.75) is 0 Å². The molecule has 0 spiro atoms. The molecule has 2 heterocycles. The van der Waals surface area contributed by atoms with Gasteiger partial charge in [-0.05, 0) is 36.4 Å². The fraction of sp³-hybridized carbons (Fsp3) is 0.250. The van der Waals surface area contributed by atoms with Crippen LogP contribution in [0.5, 0.6) is 0 Å². The maximum atomic E-state index is 13.5. The van der Waals surface area contributed by atoms with E-state index >= 15 is 0 Å². The van der Waals surface area contributed by atoms with Crippen LogP contribution in [0.25, 0.3) is 0 Å². The molecule has 2 aromatic carbocycles. The summed E-state index contributed by atoms with van der Waals surface area (Å²) in [4.78, 5) is 56.3. The summed E-state index contributed by atoms with van der Waals surface area (Å²) < 4.78 is 0. The lowest BCUT2D eigenvalue weighted by molar-refractivity contribution is -0.137. The van der Waals surface area contributed by atoms with E-state index in [1.54, 1.807) is 12.2 Å². The van der Waals surface area contributed by atoms with Gasteiger partial charge in [-0.3, -0.25) is 19.2 Å². The second kappa shape index (κ2) is 7.56. The number of benzene rings is 2. The van der Waals surface area contributed by atoms with Crippen LogP contribution in [-0.4, -0.2) is 23.6 Å². The third kappa shape index (κ3) is 2.95. The first-order valence-electron chi connectivity index (χ1n) is 10.5. The van der Waals surface area contributed by atoms with Crippen molar-refractivity contribution in [1.82, 2.24) is 0 Å². The average molecular weight is 536 g/mol. The first-order chi connectivity index (χ1) is 16.2. The van der Waals surface area contributed by atoms with Crippen LogP contribution < -0.4 is 9.80 Å². The van der Waals surface area contributed by atoms with Crippen LogP contribution in [0.15, 0.2) is 48.6 Å². The van der Waals surface area contributed by atoms with E-state index < -0.39 is 59.1 Å². The highest BCUT2D eigenvalue weighted by Crippen LogP contribution is 2.58. The highest BCUT2D eigenvalue weighted by molar-refractivity contribution is 6.36. The first kappa shape index (κ1) is 22.1. The maximum Gasteiger partial charge on any atom is 0.238 e. The van der Waals surface area contributed by atoms with Gasteiger partial charge in [0.25, 0.3) is 0 Å². The predicted molar refractivity (Wildman–Crippen MR) is 128 cm³/mol. The molecule has 10 heteroatoms. The van der Waals surface area contributed by atoms with Crippen molar-refractivity contribution >= 4 is 81.4 Å². The van der Waals surface area contributed by atoms with Gasteiger partial charge in [0.05, 0.1) is 35.0 Å². The molecule has 2 aromatic rings. The van der Waals surface area contributed by atoms with Crippen LogP contribution in [0.2, 0.25) is 20.1 Å². The summed E-state index contributed by atoms with van der Waals surface area (Å²) in [6.07, 6.45) is 3.60. The second-order valence-corrected chi connectivity index (χ2v) is 10.7.